The molecule has 1 amide bonds. The number of rotatable bonds is 7. The third-order valence-corrected chi connectivity index (χ3v) is 2.44. The lowest BCUT2D eigenvalue weighted by Crippen LogP contribution is -2.26. The van der Waals surface area contributed by atoms with Crippen LogP contribution in [0, 0.1) is 6.92 Å². The van der Waals surface area contributed by atoms with Crippen LogP contribution in [0.1, 0.15) is 49.4 Å². The van der Waals surface area contributed by atoms with Gasteiger partial charge in [0, 0.05) is 19.2 Å². The number of nitrogens with one attached hydrogen (secondary N) is 2. The van der Waals surface area contributed by atoms with Crippen molar-refractivity contribution in [2.75, 3.05) is 18.4 Å². The quantitative estimate of drug-likeness (QED) is 0.728. The maximum Gasteiger partial charge on any atom is 0.270 e. The highest BCUT2D eigenvalue weighted by molar-refractivity contribution is 5.92. The first kappa shape index (κ1) is 14.4. The molecule has 18 heavy (non-hydrogen) atoms. The summed E-state index contributed by atoms with van der Waals surface area (Å²) < 4.78 is 0. The average Bonchev–Trinajstić information content (AvgIpc) is 2.36. The van der Waals surface area contributed by atoms with E-state index in [0.29, 0.717) is 23.9 Å². The summed E-state index contributed by atoms with van der Waals surface area (Å²) in [4.78, 5) is 20.3. The molecule has 0 aliphatic heterocycles. The van der Waals surface area contributed by atoms with Crippen LogP contribution in [0.4, 0.5) is 5.82 Å². The first-order valence-electron chi connectivity index (χ1n) is 6.55. The first-order chi connectivity index (χ1) is 8.67. The number of amides is 1. The van der Waals surface area contributed by atoms with Crippen LogP contribution in [-0.4, -0.2) is 29.0 Å². The maximum absolute atomic E-state index is 11.9. The van der Waals surface area contributed by atoms with Crippen LogP contribution in [-0.2, 0) is 0 Å². The van der Waals surface area contributed by atoms with Gasteiger partial charge in [0.05, 0.1) is 0 Å². The molecule has 1 aromatic rings. The predicted molar refractivity (Wildman–Crippen MR) is 72.8 cm³/mol. The summed E-state index contributed by atoms with van der Waals surface area (Å²) in [7, 11) is 0. The zero-order valence-electron chi connectivity index (χ0n) is 11.4. The molecule has 1 aromatic heterocycles. The molecule has 0 unspecified atom stereocenters. The van der Waals surface area contributed by atoms with Crippen molar-refractivity contribution in [3.05, 3.63) is 17.6 Å². The zero-order valence-corrected chi connectivity index (χ0v) is 11.4. The van der Waals surface area contributed by atoms with E-state index in [0.717, 1.165) is 25.8 Å². The second-order valence-electron chi connectivity index (χ2n) is 4.22. The van der Waals surface area contributed by atoms with Crippen molar-refractivity contribution in [3.63, 3.8) is 0 Å². The fourth-order valence-corrected chi connectivity index (χ4v) is 1.50. The van der Waals surface area contributed by atoms with Crippen molar-refractivity contribution >= 4 is 11.7 Å². The molecule has 0 saturated carbocycles. The largest absolute Gasteiger partial charge is 0.370 e. The van der Waals surface area contributed by atoms with Crippen molar-refractivity contribution in [2.24, 2.45) is 0 Å². The van der Waals surface area contributed by atoms with Gasteiger partial charge in [0.15, 0.2) is 0 Å². The van der Waals surface area contributed by atoms with Gasteiger partial charge < -0.3 is 10.6 Å². The number of carbonyl (C=O) groups excluding carboxylic acids is 1. The predicted octanol–water partition coefficient (Wildman–Crippen LogP) is 2.14. The second-order valence-corrected chi connectivity index (χ2v) is 4.22. The van der Waals surface area contributed by atoms with Gasteiger partial charge in [0.1, 0.15) is 17.3 Å². The summed E-state index contributed by atoms with van der Waals surface area (Å²) in [6, 6.07) is 1.70. The summed E-state index contributed by atoms with van der Waals surface area (Å²) in [6.45, 7) is 7.50. The molecule has 5 heteroatoms. The smallest absolute Gasteiger partial charge is 0.270 e. The Morgan fingerprint density at radius 2 is 2.00 bits per heavy atom. The third kappa shape index (κ3) is 4.69. The molecule has 0 bridgehead atoms. The summed E-state index contributed by atoms with van der Waals surface area (Å²) >= 11 is 0. The highest BCUT2D eigenvalue weighted by Gasteiger charge is 2.09. The Bertz CT molecular complexity index is 393. The highest BCUT2D eigenvalue weighted by Crippen LogP contribution is 2.06. The van der Waals surface area contributed by atoms with Gasteiger partial charge in [0.2, 0.25) is 0 Å². The van der Waals surface area contributed by atoms with Gasteiger partial charge in [-0.15, -0.1) is 0 Å². The van der Waals surface area contributed by atoms with Crippen molar-refractivity contribution in [2.45, 2.75) is 40.0 Å². The van der Waals surface area contributed by atoms with Gasteiger partial charge in [-0.2, -0.15) is 0 Å². The monoisotopic (exact) mass is 250 g/mol. The maximum atomic E-state index is 11.9. The Balaban J connectivity index is 2.69. The van der Waals surface area contributed by atoms with Gasteiger partial charge in [0.25, 0.3) is 5.91 Å². The molecule has 2 N–H and O–H groups in total. The Morgan fingerprint density at radius 3 is 2.67 bits per heavy atom. The molecule has 1 heterocycles. The lowest BCUT2D eigenvalue weighted by atomic mass is 10.3. The molecule has 0 aromatic carbocycles. The normalized spacial score (nSPS) is 10.2. The van der Waals surface area contributed by atoms with Crippen LogP contribution >= 0.6 is 0 Å². The number of carbonyl (C=O) groups is 1. The SMILES string of the molecule is CCCCNC(=O)c1cc(NCCC)nc(C)n1. The highest BCUT2D eigenvalue weighted by atomic mass is 16.1. The van der Waals surface area contributed by atoms with E-state index in [4.69, 9.17) is 0 Å². The number of unbranched alkanes of at least 4 members (excludes halogenated alkanes) is 1. The average molecular weight is 250 g/mol. The van der Waals surface area contributed by atoms with Crippen molar-refractivity contribution in [1.29, 1.82) is 0 Å². The van der Waals surface area contributed by atoms with E-state index in [2.05, 4.69) is 34.4 Å². The number of aryl methyl sites for hydroxylation is 1. The van der Waals surface area contributed by atoms with Gasteiger partial charge in [-0.25, -0.2) is 9.97 Å². The third-order valence-electron chi connectivity index (χ3n) is 2.44. The van der Waals surface area contributed by atoms with Crippen LogP contribution in [0.5, 0.6) is 0 Å². The Hall–Kier alpha value is -1.65. The van der Waals surface area contributed by atoms with Crippen LogP contribution in [0.3, 0.4) is 0 Å². The first-order valence-corrected chi connectivity index (χ1v) is 6.55. The van der Waals surface area contributed by atoms with E-state index < -0.39 is 0 Å². The zero-order chi connectivity index (χ0) is 13.4. The van der Waals surface area contributed by atoms with Gasteiger partial charge >= 0.3 is 0 Å². The topological polar surface area (TPSA) is 66.9 Å². The summed E-state index contributed by atoms with van der Waals surface area (Å²) in [5.41, 5.74) is 0.428. The van der Waals surface area contributed by atoms with Gasteiger partial charge in [-0.3, -0.25) is 4.79 Å². The molecule has 0 aliphatic carbocycles. The van der Waals surface area contributed by atoms with Crippen LogP contribution in [0.25, 0.3) is 0 Å². The molecule has 0 fully saturated rings. The fourth-order valence-electron chi connectivity index (χ4n) is 1.50. The molecule has 5 nitrogen and oxygen atoms in total. The van der Waals surface area contributed by atoms with E-state index in [9.17, 15) is 4.79 Å². The lowest BCUT2D eigenvalue weighted by molar-refractivity contribution is 0.0948. The van der Waals surface area contributed by atoms with E-state index in [1.54, 1.807) is 13.0 Å². The Kier molecular flexibility index (Phi) is 6.11. The van der Waals surface area contributed by atoms with Crippen LogP contribution in [0.15, 0.2) is 6.07 Å². The van der Waals surface area contributed by atoms with Gasteiger partial charge in [-0.05, 0) is 19.8 Å². The Morgan fingerprint density at radius 1 is 1.22 bits per heavy atom. The minimum atomic E-state index is -0.131. The van der Waals surface area contributed by atoms with E-state index >= 15 is 0 Å². The molecule has 1 rings (SSSR count). The number of anilines is 1. The number of hydrogen-bond acceptors (Lipinski definition) is 4. The number of nitrogens with zero attached hydrogens (tertiary/aromatic N) is 2. The molecular weight excluding hydrogens is 228 g/mol. The molecule has 0 saturated heterocycles. The van der Waals surface area contributed by atoms with E-state index in [-0.39, 0.29) is 5.91 Å². The lowest BCUT2D eigenvalue weighted by Gasteiger charge is -2.08. The molecule has 0 atom stereocenters. The van der Waals surface area contributed by atoms with Crippen molar-refractivity contribution < 1.29 is 4.79 Å². The minimum Gasteiger partial charge on any atom is -0.370 e. The molecular formula is C13H22N4O. The number of aromatic nitrogens is 2. The van der Waals surface area contributed by atoms with E-state index in [1.807, 2.05) is 0 Å². The summed E-state index contributed by atoms with van der Waals surface area (Å²) in [6.07, 6.45) is 3.06. The standard InChI is InChI=1S/C13H22N4O/c1-4-6-8-15-13(18)11-9-12(14-7-5-2)17-10(3)16-11/h9H,4-8H2,1-3H3,(H,15,18)(H,14,16,17). The minimum absolute atomic E-state index is 0.131. The summed E-state index contributed by atoms with van der Waals surface area (Å²) in [5, 5.41) is 6.02. The van der Waals surface area contributed by atoms with Crippen molar-refractivity contribution in [3.8, 4) is 0 Å². The fraction of sp³-hybridized carbons (Fsp3) is 0.615. The van der Waals surface area contributed by atoms with E-state index in [1.165, 1.54) is 0 Å². The molecule has 0 radical (unpaired) electrons. The number of hydrogen-bond donors (Lipinski definition) is 2. The molecule has 0 spiro atoms. The van der Waals surface area contributed by atoms with Gasteiger partial charge in [-0.1, -0.05) is 20.3 Å². The molecule has 0 aliphatic rings. The Labute approximate surface area is 108 Å². The van der Waals surface area contributed by atoms with Crippen LogP contribution < -0.4 is 10.6 Å². The van der Waals surface area contributed by atoms with Crippen LogP contribution in [0.2, 0.25) is 0 Å². The molecule has 100 valence electrons. The second kappa shape index (κ2) is 7.63. The summed E-state index contributed by atoms with van der Waals surface area (Å²) in [5.74, 6) is 1.19. The van der Waals surface area contributed by atoms with Crippen molar-refractivity contribution in [1.82, 2.24) is 15.3 Å².